The molecule has 6 unspecified atom stereocenters. The van der Waals surface area contributed by atoms with E-state index < -0.39 is 0 Å². The van der Waals surface area contributed by atoms with Crippen LogP contribution in [0.2, 0.25) is 0 Å². The molecule has 2 fully saturated rings. The summed E-state index contributed by atoms with van der Waals surface area (Å²) in [6.45, 7) is 1.42. The molecule has 0 aromatic heterocycles. The van der Waals surface area contributed by atoms with Crippen LogP contribution in [-0.2, 0) is 9.59 Å². The van der Waals surface area contributed by atoms with Gasteiger partial charge in [0.25, 0.3) is 0 Å². The summed E-state index contributed by atoms with van der Waals surface area (Å²) in [6, 6.07) is 0. The van der Waals surface area contributed by atoms with Crippen LogP contribution < -0.4 is 33.6 Å². The largest absolute Gasteiger partial charge is 0.387 e. The smallest absolute Gasteiger partial charge is 0.233 e. The van der Waals surface area contributed by atoms with Gasteiger partial charge in [-0.25, -0.2) is 0 Å². The maximum Gasteiger partial charge on any atom is 0.233 e. The van der Waals surface area contributed by atoms with Crippen molar-refractivity contribution in [3.63, 3.8) is 0 Å². The molecule has 2 saturated carbocycles. The monoisotopic (exact) mass is 662 g/mol. The molecule has 0 spiro atoms. The number of nitrogens with two attached hydrogens (primary N) is 4. The summed E-state index contributed by atoms with van der Waals surface area (Å²) >= 11 is 3.84. The molecule has 0 aliphatic heterocycles. The van der Waals surface area contributed by atoms with Crippen molar-refractivity contribution in [3.05, 3.63) is 0 Å². The molecule has 10 N–H and O–H groups in total. The Labute approximate surface area is 266 Å². The van der Waals surface area contributed by atoms with Crippen LogP contribution in [0.5, 0.6) is 0 Å². The average molecular weight is 663 g/mol. The average Bonchev–Trinajstić information content (AvgIpc) is 2.94. The van der Waals surface area contributed by atoms with E-state index in [1.165, 1.54) is 25.7 Å². The second kappa shape index (κ2) is 21.6. The Balaban J connectivity index is 1.50. The highest BCUT2D eigenvalue weighted by Crippen LogP contribution is 2.43. The fourth-order valence-electron chi connectivity index (χ4n) is 4.61. The van der Waals surface area contributed by atoms with Gasteiger partial charge < -0.3 is 33.6 Å². The van der Waals surface area contributed by atoms with E-state index in [1.807, 2.05) is 23.5 Å². The number of aliphatic imine (C=N–C) groups is 2. The molecule has 2 amide bonds. The molecule has 0 saturated heterocycles. The van der Waals surface area contributed by atoms with Gasteiger partial charge in [0.15, 0.2) is 0 Å². The van der Waals surface area contributed by atoms with Gasteiger partial charge in [0.2, 0.25) is 11.8 Å². The standard InChI is InChI=1S/C28H54N8O2S4/c1-41(23-11-9-21(23)39-15-13-33-27(37)17-29)19-35-25(31)7-5-3-4-6-8-26(32)36-20-42(2)24-12-10-22(24)40-16-14-34-28(38)18-30/h21-24H,1-20,29-30H2,(H2,31,35)(H2,32,36)(H,33,37)(H,34,38). The lowest BCUT2D eigenvalue weighted by Gasteiger charge is -2.37. The van der Waals surface area contributed by atoms with Crippen LogP contribution in [0, 0.1) is 0 Å². The van der Waals surface area contributed by atoms with Gasteiger partial charge in [-0.3, -0.25) is 19.6 Å². The summed E-state index contributed by atoms with van der Waals surface area (Å²) in [5.41, 5.74) is 23.0. The molecule has 0 aromatic carbocycles. The van der Waals surface area contributed by atoms with Gasteiger partial charge in [-0.15, -0.1) is 0 Å². The van der Waals surface area contributed by atoms with Gasteiger partial charge in [0.1, 0.15) is 0 Å². The summed E-state index contributed by atoms with van der Waals surface area (Å²) in [6.07, 6.45) is 10.8. The molecule has 0 heterocycles. The van der Waals surface area contributed by atoms with Crippen LogP contribution in [0.4, 0.5) is 0 Å². The van der Waals surface area contributed by atoms with E-state index in [0.717, 1.165) is 61.7 Å². The third kappa shape index (κ3) is 14.6. The van der Waals surface area contributed by atoms with E-state index in [9.17, 15) is 9.59 Å². The summed E-state index contributed by atoms with van der Waals surface area (Å²) < 4.78 is 0. The maximum atomic E-state index is 11.2. The van der Waals surface area contributed by atoms with Gasteiger partial charge in [-0.2, -0.15) is 44.5 Å². The van der Waals surface area contributed by atoms with Gasteiger partial charge in [0.05, 0.1) is 36.5 Å². The quantitative estimate of drug-likeness (QED) is 0.0415. The second-order valence-corrected chi connectivity index (χ2v) is 17.3. The first-order valence-corrected chi connectivity index (χ1v) is 20.3. The maximum absolute atomic E-state index is 11.2. The Morgan fingerprint density at radius 1 is 0.714 bits per heavy atom. The number of unbranched alkanes of at least 4 members (excludes halogenated alkanes) is 3. The number of rotatable bonds is 23. The predicted octanol–water partition coefficient (Wildman–Crippen LogP) is 2.04. The van der Waals surface area contributed by atoms with E-state index in [2.05, 4.69) is 32.4 Å². The van der Waals surface area contributed by atoms with Crippen molar-refractivity contribution in [2.45, 2.75) is 85.2 Å². The minimum absolute atomic E-state index is 0.0176. The third-order valence-corrected chi connectivity index (χ3v) is 14.5. The first kappa shape index (κ1) is 37.1. The molecule has 10 nitrogen and oxygen atoms in total. The first-order valence-electron chi connectivity index (χ1n) is 15.0. The number of amidine groups is 2. The van der Waals surface area contributed by atoms with Crippen molar-refractivity contribution >= 4 is 79.7 Å². The highest BCUT2D eigenvalue weighted by atomic mass is 32.2. The minimum atomic E-state index is -0.0995. The molecule has 2 aliphatic rings. The van der Waals surface area contributed by atoms with E-state index in [1.54, 1.807) is 0 Å². The highest BCUT2D eigenvalue weighted by molar-refractivity contribution is 8.16. The molecule has 0 aromatic rings. The van der Waals surface area contributed by atoms with Gasteiger partial charge in [-0.1, -0.05) is 24.6 Å². The molecule has 242 valence electrons. The van der Waals surface area contributed by atoms with Crippen LogP contribution in [0.25, 0.3) is 0 Å². The van der Waals surface area contributed by atoms with E-state index in [-0.39, 0.29) is 45.9 Å². The fraction of sp³-hybridized carbons (Fsp3) is 0.786. The van der Waals surface area contributed by atoms with Crippen LogP contribution >= 0.6 is 44.5 Å². The topological polar surface area (TPSA) is 187 Å². The molecule has 6 atom stereocenters. The van der Waals surface area contributed by atoms with E-state index in [4.69, 9.17) is 22.9 Å². The Hall–Kier alpha value is -1.06. The Bertz CT molecular complexity index is 875. The summed E-state index contributed by atoms with van der Waals surface area (Å²) in [5, 5.41) is 8.06. The van der Waals surface area contributed by atoms with Crippen LogP contribution in [-0.4, -0.2) is 106 Å². The predicted molar refractivity (Wildman–Crippen MR) is 193 cm³/mol. The molecular weight excluding hydrogens is 609 g/mol. The summed E-state index contributed by atoms with van der Waals surface area (Å²) in [4.78, 5) is 31.8. The number of nitrogens with one attached hydrogen (secondary N) is 2. The summed E-state index contributed by atoms with van der Waals surface area (Å²) in [5.74, 6) is 13.3. The molecule has 0 radical (unpaired) electrons. The lowest BCUT2D eigenvalue weighted by Crippen LogP contribution is -2.36. The van der Waals surface area contributed by atoms with Crippen molar-refractivity contribution in [2.75, 3.05) is 49.4 Å². The second-order valence-electron chi connectivity index (χ2n) is 10.7. The highest BCUT2D eigenvalue weighted by Gasteiger charge is 2.33. The fourth-order valence-corrected chi connectivity index (χ4v) is 11.5. The SMILES string of the molecule is C=S(CN=C(N)CCCCCCC(N)=NCS(=C)C1CCC1SCCNC(=O)CN)C1CCC1SCCNC(=O)CN. The van der Waals surface area contributed by atoms with Crippen LogP contribution in [0.15, 0.2) is 9.98 Å². The van der Waals surface area contributed by atoms with Gasteiger partial charge >= 0.3 is 0 Å². The molecule has 0 bridgehead atoms. The molecule has 14 heteroatoms. The number of hydrogen-bond acceptors (Lipinski definition) is 8. The number of carbonyl (C=O) groups excluding carboxylic acids is 2. The lowest BCUT2D eigenvalue weighted by molar-refractivity contribution is -0.120. The summed E-state index contributed by atoms with van der Waals surface area (Å²) in [7, 11) is -0.0352. The first-order chi connectivity index (χ1) is 20.2. The Morgan fingerprint density at radius 3 is 1.45 bits per heavy atom. The molecule has 2 aliphatic carbocycles. The Morgan fingerprint density at radius 2 is 1.12 bits per heavy atom. The number of carbonyl (C=O) groups is 2. The zero-order valence-electron chi connectivity index (χ0n) is 25.1. The van der Waals surface area contributed by atoms with Gasteiger partial charge in [0, 0.05) is 58.4 Å². The minimum Gasteiger partial charge on any atom is -0.387 e. The zero-order chi connectivity index (χ0) is 30.7. The number of amides is 2. The third-order valence-electron chi connectivity index (χ3n) is 7.52. The normalized spacial score (nSPS) is 23.9. The van der Waals surface area contributed by atoms with E-state index in [0.29, 0.717) is 45.8 Å². The number of thioether (sulfide) groups is 2. The van der Waals surface area contributed by atoms with Crippen molar-refractivity contribution in [3.8, 4) is 0 Å². The van der Waals surface area contributed by atoms with Crippen LogP contribution in [0.3, 0.4) is 0 Å². The number of hydrogen-bond donors (Lipinski definition) is 6. The molecule has 42 heavy (non-hydrogen) atoms. The number of nitrogens with zero attached hydrogens (tertiary/aromatic N) is 2. The van der Waals surface area contributed by atoms with Crippen molar-refractivity contribution in [1.29, 1.82) is 0 Å². The van der Waals surface area contributed by atoms with Crippen molar-refractivity contribution in [1.82, 2.24) is 10.6 Å². The zero-order valence-corrected chi connectivity index (χ0v) is 28.4. The lowest BCUT2D eigenvalue weighted by atomic mass is 9.99. The van der Waals surface area contributed by atoms with Crippen LogP contribution in [0.1, 0.15) is 64.2 Å². The van der Waals surface area contributed by atoms with Gasteiger partial charge in [-0.05, 0) is 38.5 Å². The van der Waals surface area contributed by atoms with Crippen molar-refractivity contribution in [2.24, 2.45) is 32.9 Å². The van der Waals surface area contributed by atoms with E-state index >= 15 is 0 Å². The van der Waals surface area contributed by atoms with Crippen molar-refractivity contribution < 1.29 is 9.59 Å². The Kier molecular flexibility index (Phi) is 19.1. The molecule has 2 rings (SSSR count). The molecular formula is C28H54N8O2S4.